The maximum Gasteiger partial charge on any atom is 0.0429 e. The summed E-state index contributed by atoms with van der Waals surface area (Å²) in [5.74, 6) is 0. The molecule has 2 rings (SSSR count). The average Bonchev–Trinajstić information content (AvgIpc) is 2.03. The second kappa shape index (κ2) is 2.94. The number of halogens is 1. The highest BCUT2D eigenvalue weighted by atomic mass is 79.9. The lowest BCUT2D eigenvalue weighted by atomic mass is 10.1. The molecule has 2 heteroatoms. The number of anilines is 1. The van der Waals surface area contributed by atoms with Crippen LogP contribution in [0.25, 0.3) is 6.08 Å². The van der Waals surface area contributed by atoms with Crippen molar-refractivity contribution in [3.63, 3.8) is 0 Å². The second-order valence-electron chi connectivity index (χ2n) is 3.02. The van der Waals surface area contributed by atoms with E-state index in [0.29, 0.717) is 6.04 Å². The van der Waals surface area contributed by atoms with Gasteiger partial charge in [0.2, 0.25) is 0 Å². The highest BCUT2D eigenvalue weighted by molar-refractivity contribution is 9.10. The molecule has 1 N–H and O–H groups in total. The second-order valence-corrected chi connectivity index (χ2v) is 3.94. The smallest absolute Gasteiger partial charge is 0.0429 e. The Hall–Kier alpha value is -0.760. The molecule has 1 atom stereocenters. The fraction of sp³-hybridized carbons (Fsp3) is 0.200. The Morgan fingerprint density at radius 1 is 1.42 bits per heavy atom. The van der Waals surface area contributed by atoms with Gasteiger partial charge in [0, 0.05) is 16.2 Å². The van der Waals surface area contributed by atoms with E-state index < -0.39 is 0 Å². The molecule has 0 aromatic heterocycles. The van der Waals surface area contributed by atoms with E-state index in [1.165, 1.54) is 11.3 Å². The van der Waals surface area contributed by atoms with Crippen LogP contribution in [0.15, 0.2) is 28.7 Å². The minimum absolute atomic E-state index is 0.437. The van der Waals surface area contributed by atoms with E-state index in [9.17, 15) is 0 Å². The van der Waals surface area contributed by atoms with Gasteiger partial charge in [-0.3, -0.25) is 0 Å². The molecule has 0 saturated heterocycles. The van der Waals surface area contributed by atoms with Gasteiger partial charge in [0.15, 0.2) is 0 Å². The van der Waals surface area contributed by atoms with Crippen LogP contribution in [0.5, 0.6) is 0 Å². The van der Waals surface area contributed by atoms with Gasteiger partial charge in [0.05, 0.1) is 0 Å². The SMILES string of the molecule is CC1C=Cc2ccc(Br)cc2N1. The predicted octanol–water partition coefficient (Wildman–Crippen LogP) is 3.28. The third kappa shape index (κ3) is 1.39. The van der Waals surface area contributed by atoms with Crippen LogP contribution in [0.1, 0.15) is 12.5 Å². The first-order valence-electron chi connectivity index (χ1n) is 4.00. The van der Waals surface area contributed by atoms with Gasteiger partial charge in [-0.2, -0.15) is 0 Å². The molecule has 1 unspecified atom stereocenters. The molecule has 1 nitrogen and oxygen atoms in total. The zero-order chi connectivity index (χ0) is 8.55. The largest absolute Gasteiger partial charge is 0.379 e. The zero-order valence-electron chi connectivity index (χ0n) is 6.84. The van der Waals surface area contributed by atoms with Crippen molar-refractivity contribution in [1.82, 2.24) is 0 Å². The summed E-state index contributed by atoms with van der Waals surface area (Å²) in [6.45, 7) is 2.14. The Bertz CT molecular complexity index is 331. The average molecular weight is 224 g/mol. The highest BCUT2D eigenvalue weighted by Gasteiger charge is 2.07. The van der Waals surface area contributed by atoms with E-state index in [2.05, 4.69) is 58.5 Å². The predicted molar refractivity (Wildman–Crippen MR) is 56.3 cm³/mol. The number of hydrogen-bond acceptors (Lipinski definition) is 1. The van der Waals surface area contributed by atoms with Gasteiger partial charge in [0.25, 0.3) is 0 Å². The van der Waals surface area contributed by atoms with Crippen molar-refractivity contribution in [2.45, 2.75) is 13.0 Å². The van der Waals surface area contributed by atoms with Crippen molar-refractivity contribution in [1.29, 1.82) is 0 Å². The Kier molecular flexibility index (Phi) is 1.93. The number of nitrogens with one attached hydrogen (secondary N) is 1. The lowest BCUT2D eigenvalue weighted by molar-refractivity contribution is 0.992. The summed E-state index contributed by atoms with van der Waals surface area (Å²) in [5.41, 5.74) is 2.47. The molecular formula is C10H10BrN. The van der Waals surface area contributed by atoms with E-state index in [-0.39, 0.29) is 0 Å². The maximum atomic E-state index is 3.45. The minimum atomic E-state index is 0.437. The standard InChI is InChI=1S/C10H10BrN/c1-7-2-3-8-4-5-9(11)6-10(8)12-7/h2-7,12H,1H3. The number of rotatable bonds is 0. The van der Waals surface area contributed by atoms with Crippen LogP contribution in [0, 0.1) is 0 Å². The molecule has 0 bridgehead atoms. The summed E-state index contributed by atoms with van der Waals surface area (Å²) in [7, 11) is 0. The zero-order valence-corrected chi connectivity index (χ0v) is 8.43. The van der Waals surface area contributed by atoms with E-state index in [1.54, 1.807) is 0 Å². The Labute approximate surface area is 80.6 Å². The summed E-state index contributed by atoms with van der Waals surface area (Å²) in [6, 6.07) is 6.71. The summed E-state index contributed by atoms with van der Waals surface area (Å²) < 4.78 is 1.12. The van der Waals surface area contributed by atoms with Crippen LogP contribution in [0.3, 0.4) is 0 Å². The molecule has 12 heavy (non-hydrogen) atoms. The van der Waals surface area contributed by atoms with E-state index in [0.717, 1.165) is 4.47 Å². The summed E-state index contributed by atoms with van der Waals surface area (Å²) in [6.07, 6.45) is 4.32. The van der Waals surface area contributed by atoms with Crippen molar-refractivity contribution >= 4 is 27.7 Å². The van der Waals surface area contributed by atoms with Crippen LogP contribution in [0.4, 0.5) is 5.69 Å². The number of benzene rings is 1. The molecular weight excluding hydrogens is 214 g/mol. The molecule has 0 spiro atoms. The summed E-state index contributed by atoms with van der Waals surface area (Å²) in [5, 5.41) is 3.38. The maximum absolute atomic E-state index is 3.45. The van der Waals surface area contributed by atoms with Crippen LogP contribution >= 0.6 is 15.9 Å². The first-order chi connectivity index (χ1) is 5.75. The van der Waals surface area contributed by atoms with Crippen LogP contribution in [-0.2, 0) is 0 Å². The molecule has 0 aliphatic carbocycles. The Morgan fingerprint density at radius 3 is 3.08 bits per heavy atom. The molecule has 0 radical (unpaired) electrons. The third-order valence-electron chi connectivity index (χ3n) is 1.96. The van der Waals surface area contributed by atoms with Gasteiger partial charge in [-0.05, 0) is 24.6 Å². The van der Waals surface area contributed by atoms with Crippen molar-refractivity contribution in [2.75, 3.05) is 5.32 Å². The number of fused-ring (bicyclic) bond motifs is 1. The highest BCUT2D eigenvalue weighted by Crippen LogP contribution is 2.26. The molecule has 1 aromatic carbocycles. The molecule has 1 heterocycles. The fourth-order valence-electron chi connectivity index (χ4n) is 1.34. The molecule has 62 valence electrons. The van der Waals surface area contributed by atoms with Gasteiger partial charge in [-0.1, -0.05) is 34.1 Å². The van der Waals surface area contributed by atoms with Gasteiger partial charge < -0.3 is 5.32 Å². The monoisotopic (exact) mass is 223 g/mol. The van der Waals surface area contributed by atoms with Crippen molar-refractivity contribution in [3.05, 3.63) is 34.3 Å². The van der Waals surface area contributed by atoms with Gasteiger partial charge in [-0.25, -0.2) is 0 Å². The molecule has 0 amide bonds. The van der Waals surface area contributed by atoms with Gasteiger partial charge >= 0.3 is 0 Å². The summed E-state index contributed by atoms with van der Waals surface area (Å²) in [4.78, 5) is 0. The first kappa shape index (κ1) is 7.87. The Morgan fingerprint density at radius 2 is 2.25 bits per heavy atom. The van der Waals surface area contributed by atoms with Crippen LogP contribution < -0.4 is 5.32 Å². The van der Waals surface area contributed by atoms with E-state index in [1.807, 2.05) is 0 Å². The molecule has 1 aromatic rings. The van der Waals surface area contributed by atoms with Gasteiger partial charge in [-0.15, -0.1) is 0 Å². The van der Waals surface area contributed by atoms with Crippen molar-refractivity contribution in [2.24, 2.45) is 0 Å². The Balaban J connectivity index is 2.47. The molecule has 1 aliphatic heterocycles. The molecule has 0 fully saturated rings. The lowest BCUT2D eigenvalue weighted by Gasteiger charge is -2.18. The number of hydrogen-bond donors (Lipinski definition) is 1. The van der Waals surface area contributed by atoms with Crippen LogP contribution in [0.2, 0.25) is 0 Å². The summed E-state index contributed by atoms with van der Waals surface area (Å²) >= 11 is 3.45. The first-order valence-corrected chi connectivity index (χ1v) is 4.79. The van der Waals surface area contributed by atoms with Crippen LogP contribution in [-0.4, -0.2) is 6.04 Å². The fourth-order valence-corrected chi connectivity index (χ4v) is 1.70. The molecule has 0 saturated carbocycles. The van der Waals surface area contributed by atoms with E-state index >= 15 is 0 Å². The van der Waals surface area contributed by atoms with Crippen molar-refractivity contribution < 1.29 is 0 Å². The lowest BCUT2D eigenvalue weighted by Crippen LogP contribution is -2.15. The van der Waals surface area contributed by atoms with Gasteiger partial charge in [0.1, 0.15) is 0 Å². The minimum Gasteiger partial charge on any atom is -0.379 e. The normalized spacial score (nSPS) is 20.0. The third-order valence-corrected chi connectivity index (χ3v) is 2.46. The topological polar surface area (TPSA) is 12.0 Å². The van der Waals surface area contributed by atoms with E-state index in [4.69, 9.17) is 0 Å². The molecule has 1 aliphatic rings. The van der Waals surface area contributed by atoms with Crippen molar-refractivity contribution in [3.8, 4) is 0 Å². The quantitative estimate of drug-likeness (QED) is 0.713.